The first-order valence-corrected chi connectivity index (χ1v) is 9.48. The third-order valence-electron chi connectivity index (χ3n) is 5.92. The van der Waals surface area contributed by atoms with Crippen molar-refractivity contribution in [3.05, 3.63) is 29.6 Å². The monoisotopic (exact) mass is 349 g/mol. The van der Waals surface area contributed by atoms with Crippen molar-refractivity contribution < 1.29 is 9.50 Å². The number of rotatable bonds is 5. The number of halogens is 1. The molecule has 0 bridgehead atoms. The lowest BCUT2D eigenvalue weighted by Crippen LogP contribution is -2.44. The first kappa shape index (κ1) is 18.6. The van der Waals surface area contributed by atoms with Crippen molar-refractivity contribution in [3.8, 4) is 0 Å². The molecule has 0 aliphatic carbocycles. The summed E-state index contributed by atoms with van der Waals surface area (Å²) in [7, 11) is 4.22. The topological polar surface area (TPSA) is 30.0 Å². The Bertz CT molecular complexity index is 572. The average molecular weight is 349 g/mol. The Hall–Kier alpha value is -1.17. The highest BCUT2D eigenvalue weighted by atomic mass is 19.1. The Labute approximate surface area is 151 Å². The fourth-order valence-corrected chi connectivity index (χ4v) is 4.60. The number of hydrogen-bond acceptors (Lipinski definition) is 4. The fourth-order valence-electron chi connectivity index (χ4n) is 4.60. The molecule has 0 unspecified atom stereocenters. The fraction of sp³-hybridized carbons (Fsp3) is 0.700. The molecular formula is C20H32FN3O. The highest BCUT2D eigenvalue weighted by molar-refractivity contribution is 5.53. The SMILES string of the molecule is Cc1cc(F)ccc1N1CCC(N2C[C@@H](CN(C)C)[C@@H](CO)C2)CC1. The molecule has 140 valence electrons. The Morgan fingerprint density at radius 1 is 1.16 bits per heavy atom. The van der Waals surface area contributed by atoms with Gasteiger partial charge in [0.25, 0.3) is 0 Å². The van der Waals surface area contributed by atoms with E-state index in [1.165, 1.54) is 5.69 Å². The van der Waals surface area contributed by atoms with Gasteiger partial charge in [-0.25, -0.2) is 4.39 Å². The molecule has 2 fully saturated rings. The lowest BCUT2D eigenvalue weighted by molar-refractivity contribution is 0.175. The van der Waals surface area contributed by atoms with Gasteiger partial charge < -0.3 is 14.9 Å². The third-order valence-corrected chi connectivity index (χ3v) is 5.92. The molecule has 1 aromatic carbocycles. The van der Waals surface area contributed by atoms with Crippen LogP contribution in [-0.2, 0) is 0 Å². The molecule has 2 heterocycles. The van der Waals surface area contributed by atoms with Gasteiger partial charge in [0.2, 0.25) is 0 Å². The summed E-state index contributed by atoms with van der Waals surface area (Å²) < 4.78 is 13.3. The van der Waals surface area contributed by atoms with E-state index in [-0.39, 0.29) is 5.82 Å². The largest absolute Gasteiger partial charge is 0.396 e. The van der Waals surface area contributed by atoms with E-state index >= 15 is 0 Å². The molecule has 2 atom stereocenters. The van der Waals surface area contributed by atoms with Crippen LogP contribution < -0.4 is 4.90 Å². The van der Waals surface area contributed by atoms with Gasteiger partial charge in [-0.05, 0) is 69.5 Å². The Morgan fingerprint density at radius 2 is 1.84 bits per heavy atom. The predicted octanol–water partition coefficient (Wildman–Crippen LogP) is 2.20. The third kappa shape index (κ3) is 4.33. The van der Waals surface area contributed by atoms with Crippen molar-refractivity contribution in [1.29, 1.82) is 0 Å². The molecule has 0 amide bonds. The molecule has 5 heteroatoms. The second-order valence-corrected chi connectivity index (χ2v) is 8.07. The smallest absolute Gasteiger partial charge is 0.123 e. The summed E-state index contributed by atoms with van der Waals surface area (Å²) in [5.74, 6) is 0.812. The second-order valence-electron chi connectivity index (χ2n) is 8.07. The number of aliphatic hydroxyl groups excluding tert-OH is 1. The Kier molecular flexibility index (Phi) is 5.97. The molecule has 1 N–H and O–H groups in total. The van der Waals surface area contributed by atoms with Crippen molar-refractivity contribution in [2.45, 2.75) is 25.8 Å². The van der Waals surface area contributed by atoms with E-state index in [0.717, 1.165) is 51.1 Å². The van der Waals surface area contributed by atoms with Crippen molar-refractivity contribution in [3.63, 3.8) is 0 Å². The van der Waals surface area contributed by atoms with Crippen molar-refractivity contribution in [2.75, 3.05) is 58.3 Å². The van der Waals surface area contributed by atoms with E-state index in [0.29, 0.717) is 24.5 Å². The van der Waals surface area contributed by atoms with Crippen LogP contribution in [-0.4, -0.2) is 74.4 Å². The number of nitrogens with zero attached hydrogens (tertiary/aromatic N) is 3. The maximum Gasteiger partial charge on any atom is 0.123 e. The molecule has 2 aliphatic rings. The minimum atomic E-state index is -0.157. The van der Waals surface area contributed by atoms with Gasteiger partial charge in [-0.3, -0.25) is 4.90 Å². The summed E-state index contributed by atoms with van der Waals surface area (Å²) in [6.45, 7) is 7.51. The van der Waals surface area contributed by atoms with E-state index < -0.39 is 0 Å². The Morgan fingerprint density at radius 3 is 2.44 bits per heavy atom. The molecule has 1 aromatic rings. The summed E-state index contributed by atoms with van der Waals surface area (Å²) in [6, 6.07) is 5.71. The lowest BCUT2D eigenvalue weighted by Gasteiger charge is -2.38. The first-order chi connectivity index (χ1) is 12.0. The molecular weight excluding hydrogens is 317 g/mol. The number of piperidine rings is 1. The zero-order valence-electron chi connectivity index (χ0n) is 15.8. The summed E-state index contributed by atoms with van der Waals surface area (Å²) in [6.07, 6.45) is 2.29. The molecule has 25 heavy (non-hydrogen) atoms. The van der Waals surface area contributed by atoms with Crippen LogP contribution in [0, 0.1) is 24.6 Å². The number of benzene rings is 1. The van der Waals surface area contributed by atoms with Crippen LogP contribution in [0.2, 0.25) is 0 Å². The molecule has 0 radical (unpaired) electrons. The van der Waals surface area contributed by atoms with Crippen LogP contribution >= 0.6 is 0 Å². The minimum absolute atomic E-state index is 0.157. The van der Waals surface area contributed by atoms with Crippen LogP contribution in [0.3, 0.4) is 0 Å². The number of likely N-dealkylation sites (tertiary alicyclic amines) is 1. The normalized spacial score (nSPS) is 25.9. The van der Waals surface area contributed by atoms with Crippen LogP contribution in [0.1, 0.15) is 18.4 Å². The van der Waals surface area contributed by atoms with Gasteiger partial charge in [-0.15, -0.1) is 0 Å². The minimum Gasteiger partial charge on any atom is -0.396 e. The quantitative estimate of drug-likeness (QED) is 0.883. The molecule has 0 aromatic heterocycles. The predicted molar refractivity (Wildman–Crippen MR) is 101 cm³/mol. The van der Waals surface area contributed by atoms with Gasteiger partial charge in [0.05, 0.1) is 0 Å². The molecule has 0 spiro atoms. The van der Waals surface area contributed by atoms with E-state index in [9.17, 15) is 9.50 Å². The van der Waals surface area contributed by atoms with Gasteiger partial charge in [-0.1, -0.05) is 0 Å². The van der Waals surface area contributed by atoms with Crippen LogP contribution in [0.4, 0.5) is 10.1 Å². The maximum atomic E-state index is 13.3. The van der Waals surface area contributed by atoms with Gasteiger partial charge >= 0.3 is 0 Å². The summed E-state index contributed by atoms with van der Waals surface area (Å²) >= 11 is 0. The van der Waals surface area contributed by atoms with E-state index in [4.69, 9.17) is 0 Å². The number of aryl methyl sites for hydroxylation is 1. The number of aliphatic hydroxyl groups is 1. The van der Waals surface area contributed by atoms with Gasteiger partial charge in [0, 0.05) is 51.1 Å². The van der Waals surface area contributed by atoms with Gasteiger partial charge in [0.15, 0.2) is 0 Å². The lowest BCUT2D eigenvalue weighted by atomic mass is 9.97. The average Bonchev–Trinajstić information content (AvgIpc) is 2.97. The molecule has 2 saturated heterocycles. The molecule has 0 saturated carbocycles. The molecule has 2 aliphatic heterocycles. The summed E-state index contributed by atoms with van der Waals surface area (Å²) in [5, 5.41) is 9.73. The van der Waals surface area contributed by atoms with Crippen molar-refractivity contribution in [1.82, 2.24) is 9.80 Å². The van der Waals surface area contributed by atoms with Crippen molar-refractivity contribution >= 4 is 5.69 Å². The zero-order valence-corrected chi connectivity index (χ0v) is 15.8. The highest BCUT2D eigenvalue weighted by Gasteiger charge is 2.37. The van der Waals surface area contributed by atoms with E-state index in [1.54, 1.807) is 12.1 Å². The van der Waals surface area contributed by atoms with E-state index in [2.05, 4.69) is 28.8 Å². The van der Waals surface area contributed by atoms with Crippen LogP contribution in [0.5, 0.6) is 0 Å². The highest BCUT2D eigenvalue weighted by Crippen LogP contribution is 2.31. The van der Waals surface area contributed by atoms with Crippen LogP contribution in [0.15, 0.2) is 18.2 Å². The molecule has 4 nitrogen and oxygen atoms in total. The summed E-state index contributed by atoms with van der Waals surface area (Å²) in [5.41, 5.74) is 2.19. The number of hydrogen-bond donors (Lipinski definition) is 1. The first-order valence-electron chi connectivity index (χ1n) is 9.48. The number of anilines is 1. The van der Waals surface area contributed by atoms with Gasteiger partial charge in [-0.2, -0.15) is 0 Å². The standard InChI is InChI=1S/C20H32FN3O/c1-15-10-18(21)4-5-20(15)23-8-6-19(7-9-23)24-12-16(11-22(2)3)17(13-24)14-25/h4-5,10,16-17,19,25H,6-9,11-14H2,1-3H3/t16-,17-/m1/s1. The van der Waals surface area contributed by atoms with E-state index in [1.807, 2.05) is 13.0 Å². The van der Waals surface area contributed by atoms with Gasteiger partial charge in [0.1, 0.15) is 5.82 Å². The zero-order chi connectivity index (χ0) is 18.0. The van der Waals surface area contributed by atoms with Crippen molar-refractivity contribution in [2.24, 2.45) is 11.8 Å². The second kappa shape index (κ2) is 8.02. The maximum absolute atomic E-state index is 13.3. The van der Waals surface area contributed by atoms with Crippen LogP contribution in [0.25, 0.3) is 0 Å². The molecule has 3 rings (SSSR count). The summed E-state index contributed by atoms with van der Waals surface area (Å²) in [4.78, 5) is 7.23. The Balaban J connectivity index is 1.57.